The molecule has 0 spiro atoms. The third kappa shape index (κ3) is 3.75. The van der Waals surface area contributed by atoms with Crippen molar-refractivity contribution in [2.75, 3.05) is 0 Å². The lowest BCUT2D eigenvalue weighted by molar-refractivity contribution is 0.288. The Kier molecular flexibility index (Phi) is 4.91. The van der Waals surface area contributed by atoms with E-state index in [0.717, 1.165) is 11.1 Å². The number of aromatic nitrogens is 2. The Labute approximate surface area is 145 Å². The summed E-state index contributed by atoms with van der Waals surface area (Å²) in [5, 5.41) is 9.39. The zero-order valence-corrected chi connectivity index (χ0v) is 13.8. The molecule has 0 N–H and O–H groups in total. The summed E-state index contributed by atoms with van der Waals surface area (Å²) in [6.07, 6.45) is 0. The van der Waals surface area contributed by atoms with Crippen LogP contribution in [0.5, 0.6) is 5.88 Å². The molecule has 0 saturated carbocycles. The van der Waals surface area contributed by atoms with Crippen molar-refractivity contribution in [3.63, 3.8) is 0 Å². The van der Waals surface area contributed by atoms with Gasteiger partial charge in [0, 0.05) is 0 Å². The highest BCUT2D eigenvalue weighted by Crippen LogP contribution is 2.14. The van der Waals surface area contributed by atoms with Crippen molar-refractivity contribution in [1.29, 1.82) is 5.26 Å². The molecular formula is C20H17N3O2. The van der Waals surface area contributed by atoms with Gasteiger partial charge in [0.05, 0.1) is 12.1 Å². The first-order valence-electron chi connectivity index (χ1n) is 7.91. The van der Waals surface area contributed by atoms with Crippen LogP contribution in [0, 0.1) is 18.3 Å². The van der Waals surface area contributed by atoms with Crippen molar-refractivity contribution in [1.82, 2.24) is 9.55 Å². The van der Waals surface area contributed by atoms with Gasteiger partial charge in [0.25, 0.3) is 5.56 Å². The van der Waals surface area contributed by atoms with Gasteiger partial charge in [-0.3, -0.25) is 9.36 Å². The maximum absolute atomic E-state index is 12.7. The summed E-state index contributed by atoms with van der Waals surface area (Å²) in [6, 6.07) is 21.1. The number of ether oxygens (including phenoxy) is 1. The van der Waals surface area contributed by atoms with Crippen molar-refractivity contribution < 1.29 is 4.74 Å². The highest BCUT2D eigenvalue weighted by Gasteiger charge is 2.15. The van der Waals surface area contributed by atoms with E-state index in [1.165, 1.54) is 4.57 Å². The van der Waals surface area contributed by atoms with Crippen LogP contribution in [0.2, 0.25) is 0 Å². The third-order valence-corrected chi connectivity index (χ3v) is 3.85. The largest absolute Gasteiger partial charge is 0.472 e. The fraction of sp³-hybridized carbons (Fsp3) is 0.150. The van der Waals surface area contributed by atoms with Gasteiger partial charge in [0.2, 0.25) is 11.7 Å². The Hall–Kier alpha value is -3.39. The Bertz CT molecular complexity index is 958. The minimum Gasteiger partial charge on any atom is -0.472 e. The summed E-state index contributed by atoms with van der Waals surface area (Å²) >= 11 is 0. The van der Waals surface area contributed by atoms with Crippen LogP contribution in [0.25, 0.3) is 0 Å². The minimum absolute atomic E-state index is 0.0440. The molecule has 0 amide bonds. The molecule has 1 aromatic heterocycles. The predicted octanol–water partition coefficient (Wildman–Crippen LogP) is 3.05. The van der Waals surface area contributed by atoms with Crippen molar-refractivity contribution >= 4 is 0 Å². The normalized spacial score (nSPS) is 10.2. The summed E-state index contributed by atoms with van der Waals surface area (Å²) < 4.78 is 7.05. The SMILES string of the molecule is Cc1c(OCc2ccccc2)nc(C#N)n(Cc2ccccc2)c1=O. The number of hydrogen-bond acceptors (Lipinski definition) is 4. The molecule has 5 nitrogen and oxygen atoms in total. The molecule has 0 fully saturated rings. The minimum atomic E-state index is -0.265. The van der Waals surface area contributed by atoms with Crippen LogP contribution in [0.1, 0.15) is 22.5 Å². The van der Waals surface area contributed by atoms with Crippen LogP contribution in [0.4, 0.5) is 0 Å². The number of benzene rings is 2. The molecule has 0 atom stereocenters. The van der Waals surface area contributed by atoms with Gasteiger partial charge in [0.15, 0.2) is 0 Å². The van der Waals surface area contributed by atoms with Gasteiger partial charge in [-0.1, -0.05) is 60.7 Å². The summed E-state index contributed by atoms with van der Waals surface area (Å²) in [4.78, 5) is 16.9. The molecule has 0 aliphatic heterocycles. The van der Waals surface area contributed by atoms with E-state index in [1.54, 1.807) is 6.92 Å². The van der Waals surface area contributed by atoms with Crippen molar-refractivity contribution in [2.45, 2.75) is 20.1 Å². The van der Waals surface area contributed by atoms with Crippen molar-refractivity contribution in [2.24, 2.45) is 0 Å². The van der Waals surface area contributed by atoms with Crippen LogP contribution in [0.3, 0.4) is 0 Å². The van der Waals surface area contributed by atoms with Gasteiger partial charge in [-0.05, 0) is 18.1 Å². The fourth-order valence-electron chi connectivity index (χ4n) is 2.49. The van der Waals surface area contributed by atoms with Crippen LogP contribution < -0.4 is 10.3 Å². The molecule has 5 heteroatoms. The molecular weight excluding hydrogens is 314 g/mol. The van der Waals surface area contributed by atoms with Crippen LogP contribution >= 0.6 is 0 Å². The summed E-state index contributed by atoms with van der Waals surface area (Å²) in [6.45, 7) is 2.26. The Morgan fingerprint density at radius 2 is 1.64 bits per heavy atom. The van der Waals surface area contributed by atoms with E-state index in [1.807, 2.05) is 66.7 Å². The highest BCUT2D eigenvalue weighted by molar-refractivity contribution is 5.29. The molecule has 0 unspecified atom stereocenters. The molecule has 0 saturated heterocycles. The molecule has 0 bridgehead atoms. The maximum atomic E-state index is 12.7. The Morgan fingerprint density at radius 1 is 1.04 bits per heavy atom. The van der Waals surface area contributed by atoms with E-state index in [4.69, 9.17) is 4.74 Å². The Morgan fingerprint density at radius 3 is 2.24 bits per heavy atom. The summed E-state index contributed by atoms with van der Waals surface area (Å²) in [7, 11) is 0. The van der Waals surface area contributed by atoms with Gasteiger partial charge in [-0.25, -0.2) is 0 Å². The first kappa shape index (κ1) is 16.5. The summed E-state index contributed by atoms with van der Waals surface area (Å²) in [5.74, 6) is 0.247. The van der Waals surface area contributed by atoms with E-state index in [0.29, 0.717) is 18.7 Å². The van der Waals surface area contributed by atoms with Gasteiger partial charge >= 0.3 is 0 Å². The smallest absolute Gasteiger partial charge is 0.261 e. The molecule has 3 aromatic rings. The molecule has 0 radical (unpaired) electrons. The zero-order valence-electron chi connectivity index (χ0n) is 13.8. The quantitative estimate of drug-likeness (QED) is 0.720. The van der Waals surface area contributed by atoms with E-state index in [9.17, 15) is 10.1 Å². The van der Waals surface area contributed by atoms with Gasteiger partial charge in [0.1, 0.15) is 12.7 Å². The first-order valence-corrected chi connectivity index (χ1v) is 7.91. The second-order valence-electron chi connectivity index (χ2n) is 5.63. The average molecular weight is 331 g/mol. The molecule has 0 aliphatic carbocycles. The second-order valence-corrected chi connectivity index (χ2v) is 5.63. The predicted molar refractivity (Wildman–Crippen MR) is 94.3 cm³/mol. The van der Waals surface area contributed by atoms with Gasteiger partial charge in [-0.15, -0.1) is 0 Å². The maximum Gasteiger partial charge on any atom is 0.261 e. The lowest BCUT2D eigenvalue weighted by Crippen LogP contribution is -2.27. The van der Waals surface area contributed by atoms with Crippen LogP contribution in [0.15, 0.2) is 65.5 Å². The lowest BCUT2D eigenvalue weighted by atomic mass is 10.2. The number of nitrogens with zero attached hydrogens (tertiary/aromatic N) is 3. The molecule has 0 aliphatic rings. The van der Waals surface area contributed by atoms with E-state index in [-0.39, 0.29) is 17.3 Å². The van der Waals surface area contributed by atoms with E-state index < -0.39 is 0 Å². The summed E-state index contributed by atoms with van der Waals surface area (Å²) in [5.41, 5.74) is 2.03. The molecule has 2 aromatic carbocycles. The lowest BCUT2D eigenvalue weighted by Gasteiger charge is -2.13. The molecule has 124 valence electrons. The molecule has 25 heavy (non-hydrogen) atoms. The van der Waals surface area contributed by atoms with Crippen LogP contribution in [-0.4, -0.2) is 9.55 Å². The molecule has 1 heterocycles. The third-order valence-electron chi connectivity index (χ3n) is 3.85. The van der Waals surface area contributed by atoms with Gasteiger partial charge in [-0.2, -0.15) is 10.2 Å². The zero-order chi connectivity index (χ0) is 17.6. The highest BCUT2D eigenvalue weighted by atomic mass is 16.5. The number of rotatable bonds is 5. The van der Waals surface area contributed by atoms with Crippen molar-refractivity contribution in [3.8, 4) is 11.9 Å². The number of nitriles is 1. The molecule has 3 rings (SSSR count). The number of hydrogen-bond donors (Lipinski definition) is 0. The first-order chi connectivity index (χ1) is 12.2. The second kappa shape index (κ2) is 7.45. The van der Waals surface area contributed by atoms with E-state index >= 15 is 0 Å². The monoisotopic (exact) mass is 331 g/mol. The standard InChI is InChI=1S/C20H17N3O2/c1-15-19(25-14-17-10-6-3-7-11-17)22-18(12-21)23(20(15)24)13-16-8-4-2-5-9-16/h2-11H,13-14H2,1H3. The topological polar surface area (TPSA) is 67.9 Å². The van der Waals surface area contributed by atoms with E-state index in [2.05, 4.69) is 4.98 Å². The van der Waals surface area contributed by atoms with Gasteiger partial charge < -0.3 is 4.74 Å². The Balaban J connectivity index is 1.91. The van der Waals surface area contributed by atoms with Crippen LogP contribution in [-0.2, 0) is 13.2 Å². The van der Waals surface area contributed by atoms with Crippen molar-refractivity contribution in [3.05, 3.63) is 93.5 Å². The fourth-order valence-corrected chi connectivity index (χ4v) is 2.49. The average Bonchev–Trinajstić information content (AvgIpc) is 2.66.